The summed E-state index contributed by atoms with van der Waals surface area (Å²) in [6.45, 7) is 2.31. The number of benzene rings is 3. The highest BCUT2D eigenvalue weighted by molar-refractivity contribution is 9.10. The Hall–Kier alpha value is -2.79. The summed E-state index contributed by atoms with van der Waals surface area (Å²) >= 11 is 3.69. The molecular formula is C25H24BrNO3. The minimum absolute atomic E-state index is 0.106. The average molecular weight is 466 g/mol. The van der Waals surface area contributed by atoms with Crippen molar-refractivity contribution >= 4 is 27.7 Å². The molecule has 154 valence electrons. The molecule has 30 heavy (non-hydrogen) atoms. The lowest BCUT2D eigenvalue weighted by Crippen LogP contribution is -2.39. The van der Waals surface area contributed by atoms with Crippen LogP contribution in [-0.4, -0.2) is 13.2 Å². The zero-order chi connectivity index (χ0) is 21.1. The van der Waals surface area contributed by atoms with E-state index in [9.17, 15) is 4.79 Å². The maximum Gasteiger partial charge on any atom is 0.415 e. The molecule has 1 amide bonds. The van der Waals surface area contributed by atoms with E-state index in [1.807, 2.05) is 60.7 Å². The molecule has 4 nitrogen and oxygen atoms in total. The highest BCUT2D eigenvalue weighted by atomic mass is 79.9. The van der Waals surface area contributed by atoms with Crippen molar-refractivity contribution < 1.29 is 14.3 Å². The molecule has 3 aromatic rings. The SMILES string of the molecule is COc1ccc(C2CCc3cc(C)cc(Br)c3N2C(=O)OCc2ccccc2)cc1. The lowest BCUT2D eigenvalue weighted by Gasteiger charge is -2.37. The predicted molar refractivity (Wildman–Crippen MR) is 122 cm³/mol. The van der Waals surface area contributed by atoms with E-state index >= 15 is 0 Å². The molecular weight excluding hydrogens is 442 g/mol. The standard InChI is InChI=1S/C25H24BrNO3/c1-17-14-20-10-13-23(19-8-11-21(29-2)12-9-19)27(24(20)22(26)15-17)25(28)30-16-18-6-4-3-5-7-18/h3-9,11-12,14-15,23H,10,13,16H2,1-2H3. The number of fused-ring (bicyclic) bond motifs is 1. The Morgan fingerprint density at radius 3 is 2.53 bits per heavy atom. The van der Waals surface area contributed by atoms with Crippen molar-refractivity contribution in [3.05, 3.63) is 93.5 Å². The minimum Gasteiger partial charge on any atom is -0.497 e. The lowest BCUT2D eigenvalue weighted by atomic mass is 9.90. The summed E-state index contributed by atoms with van der Waals surface area (Å²) in [5.74, 6) is 0.796. The molecule has 1 unspecified atom stereocenters. The average Bonchev–Trinajstić information content (AvgIpc) is 2.77. The van der Waals surface area contributed by atoms with E-state index in [-0.39, 0.29) is 18.7 Å². The van der Waals surface area contributed by atoms with E-state index in [1.165, 1.54) is 5.56 Å². The smallest absolute Gasteiger partial charge is 0.415 e. The second-order valence-corrected chi connectivity index (χ2v) is 8.35. The number of ether oxygens (including phenoxy) is 2. The van der Waals surface area contributed by atoms with E-state index in [2.05, 4.69) is 28.9 Å². The predicted octanol–water partition coefficient (Wildman–Crippen LogP) is 6.60. The van der Waals surface area contributed by atoms with E-state index in [0.29, 0.717) is 0 Å². The van der Waals surface area contributed by atoms with Gasteiger partial charge in [0.1, 0.15) is 12.4 Å². The van der Waals surface area contributed by atoms with Gasteiger partial charge in [-0.2, -0.15) is 0 Å². The van der Waals surface area contributed by atoms with Gasteiger partial charge in [0.2, 0.25) is 0 Å². The molecule has 1 aliphatic rings. The largest absolute Gasteiger partial charge is 0.497 e. The quantitative estimate of drug-likeness (QED) is 0.435. The van der Waals surface area contributed by atoms with Crippen LogP contribution in [0.2, 0.25) is 0 Å². The Balaban J connectivity index is 1.69. The highest BCUT2D eigenvalue weighted by Gasteiger charge is 2.35. The molecule has 1 atom stereocenters. The number of halogens is 1. The molecule has 5 heteroatoms. The maximum atomic E-state index is 13.3. The molecule has 0 spiro atoms. The van der Waals surface area contributed by atoms with E-state index in [0.717, 1.165) is 45.4 Å². The third-order valence-corrected chi connectivity index (χ3v) is 6.03. The normalized spacial score (nSPS) is 15.4. The number of hydrogen-bond donors (Lipinski definition) is 0. The van der Waals surface area contributed by atoms with Crippen molar-refractivity contribution in [1.29, 1.82) is 0 Å². The summed E-state index contributed by atoms with van der Waals surface area (Å²) in [6, 6.07) is 21.8. The fourth-order valence-electron chi connectivity index (χ4n) is 3.99. The third kappa shape index (κ3) is 4.21. The Labute approximate surface area is 185 Å². The zero-order valence-corrected chi connectivity index (χ0v) is 18.7. The van der Waals surface area contributed by atoms with Gasteiger partial charge in [-0.15, -0.1) is 0 Å². The van der Waals surface area contributed by atoms with Crippen LogP contribution in [0.3, 0.4) is 0 Å². The highest BCUT2D eigenvalue weighted by Crippen LogP contribution is 2.44. The van der Waals surface area contributed by atoms with E-state index < -0.39 is 0 Å². The third-order valence-electron chi connectivity index (χ3n) is 5.43. The first kappa shape index (κ1) is 20.5. The van der Waals surface area contributed by atoms with Gasteiger partial charge >= 0.3 is 6.09 Å². The topological polar surface area (TPSA) is 38.8 Å². The van der Waals surface area contributed by atoms with Crippen LogP contribution in [0, 0.1) is 6.92 Å². The number of nitrogens with zero attached hydrogens (tertiary/aromatic N) is 1. The van der Waals surface area contributed by atoms with Gasteiger partial charge in [-0.1, -0.05) is 48.5 Å². The zero-order valence-electron chi connectivity index (χ0n) is 17.1. The van der Waals surface area contributed by atoms with Crippen LogP contribution in [-0.2, 0) is 17.8 Å². The molecule has 0 radical (unpaired) electrons. The fourth-order valence-corrected chi connectivity index (χ4v) is 4.80. The molecule has 0 bridgehead atoms. The van der Waals surface area contributed by atoms with Crippen LogP contribution in [0.15, 0.2) is 71.2 Å². The second kappa shape index (κ2) is 8.92. The van der Waals surface area contributed by atoms with Crippen molar-refractivity contribution in [3.8, 4) is 5.75 Å². The first-order chi connectivity index (χ1) is 14.6. The molecule has 1 aliphatic heterocycles. The van der Waals surface area contributed by atoms with Crippen LogP contribution in [0.4, 0.5) is 10.5 Å². The van der Waals surface area contributed by atoms with Gasteiger partial charge < -0.3 is 9.47 Å². The molecule has 0 aromatic heterocycles. The van der Waals surface area contributed by atoms with Crippen molar-refractivity contribution in [3.63, 3.8) is 0 Å². The number of amides is 1. The van der Waals surface area contributed by atoms with E-state index in [4.69, 9.17) is 9.47 Å². The van der Waals surface area contributed by atoms with Gasteiger partial charge in [0.25, 0.3) is 0 Å². The summed E-state index contributed by atoms with van der Waals surface area (Å²) in [6.07, 6.45) is 1.38. The number of carbonyl (C=O) groups excluding carboxylic acids is 1. The summed E-state index contributed by atoms with van der Waals surface area (Å²) in [4.78, 5) is 15.1. The fraction of sp³-hybridized carbons (Fsp3) is 0.240. The molecule has 1 heterocycles. The molecule has 3 aromatic carbocycles. The van der Waals surface area contributed by atoms with Gasteiger partial charge in [0, 0.05) is 4.47 Å². The molecule has 0 N–H and O–H groups in total. The maximum absolute atomic E-state index is 13.3. The van der Waals surface area contributed by atoms with Crippen LogP contribution in [0.1, 0.15) is 34.7 Å². The molecule has 0 fully saturated rings. The molecule has 0 aliphatic carbocycles. The van der Waals surface area contributed by atoms with Gasteiger partial charge in [-0.05, 0) is 76.1 Å². The molecule has 4 rings (SSSR count). The Bertz CT molecular complexity index is 1030. The molecule has 0 saturated carbocycles. The van der Waals surface area contributed by atoms with Crippen molar-refractivity contribution in [2.24, 2.45) is 0 Å². The van der Waals surface area contributed by atoms with Crippen molar-refractivity contribution in [2.75, 3.05) is 12.0 Å². The first-order valence-electron chi connectivity index (χ1n) is 9.99. The van der Waals surface area contributed by atoms with Crippen LogP contribution >= 0.6 is 15.9 Å². The van der Waals surface area contributed by atoms with Crippen LogP contribution in [0.25, 0.3) is 0 Å². The minimum atomic E-state index is -0.342. The summed E-state index contributed by atoms with van der Waals surface area (Å²) < 4.78 is 12.0. The summed E-state index contributed by atoms with van der Waals surface area (Å²) in [5.41, 5.74) is 5.24. The van der Waals surface area contributed by atoms with Crippen LogP contribution in [0.5, 0.6) is 5.75 Å². The number of aryl methyl sites for hydroxylation is 2. The van der Waals surface area contributed by atoms with Gasteiger partial charge in [0.05, 0.1) is 18.8 Å². The van der Waals surface area contributed by atoms with Gasteiger partial charge in [-0.25, -0.2) is 4.79 Å². The Morgan fingerprint density at radius 2 is 1.83 bits per heavy atom. The molecule has 0 saturated heterocycles. The lowest BCUT2D eigenvalue weighted by molar-refractivity contribution is 0.143. The number of rotatable bonds is 4. The van der Waals surface area contributed by atoms with Gasteiger partial charge in [-0.3, -0.25) is 4.90 Å². The number of carbonyl (C=O) groups is 1. The summed E-state index contributed by atoms with van der Waals surface area (Å²) in [7, 11) is 1.65. The van der Waals surface area contributed by atoms with Gasteiger partial charge in [0.15, 0.2) is 0 Å². The Morgan fingerprint density at radius 1 is 1.10 bits per heavy atom. The number of hydrogen-bond acceptors (Lipinski definition) is 3. The monoisotopic (exact) mass is 465 g/mol. The number of methoxy groups -OCH3 is 1. The van der Waals surface area contributed by atoms with Crippen molar-refractivity contribution in [2.45, 2.75) is 32.4 Å². The van der Waals surface area contributed by atoms with E-state index in [1.54, 1.807) is 12.0 Å². The number of anilines is 1. The van der Waals surface area contributed by atoms with Crippen molar-refractivity contribution in [1.82, 2.24) is 0 Å². The Kier molecular flexibility index (Phi) is 6.09. The second-order valence-electron chi connectivity index (χ2n) is 7.49. The summed E-state index contributed by atoms with van der Waals surface area (Å²) in [5, 5.41) is 0. The van der Waals surface area contributed by atoms with Crippen LogP contribution < -0.4 is 9.64 Å². The first-order valence-corrected chi connectivity index (χ1v) is 10.8.